The van der Waals surface area contributed by atoms with Gasteiger partial charge in [0.15, 0.2) is 0 Å². The number of nitrogens with one attached hydrogen (secondary N) is 1. The van der Waals surface area contributed by atoms with Crippen LogP contribution in [0.2, 0.25) is 0 Å². The smallest absolute Gasteiger partial charge is 0.223 e. The molecule has 0 aromatic heterocycles. The van der Waals surface area contributed by atoms with E-state index in [4.69, 9.17) is 0 Å². The van der Waals surface area contributed by atoms with Crippen molar-refractivity contribution in [3.8, 4) is 0 Å². The quantitative estimate of drug-likeness (QED) is 0.801. The molecule has 2 bridgehead atoms. The Morgan fingerprint density at radius 3 is 2.33 bits per heavy atom. The Bertz CT molecular complexity index is 529. The number of hydrogen-bond acceptors (Lipinski definition) is 3. The molecule has 2 saturated heterocycles. The monoisotopic (exact) mass is 312 g/mol. The number of carbonyl (C=O) groups is 1. The highest BCUT2D eigenvalue weighted by molar-refractivity contribution is 7.88. The summed E-state index contributed by atoms with van der Waals surface area (Å²) < 4.78 is 25.4. The van der Waals surface area contributed by atoms with Crippen LogP contribution in [0.1, 0.15) is 44.9 Å². The summed E-state index contributed by atoms with van der Waals surface area (Å²) in [4.78, 5) is 12.3. The van der Waals surface area contributed by atoms with Crippen molar-refractivity contribution in [3.63, 3.8) is 0 Å². The van der Waals surface area contributed by atoms with Crippen molar-refractivity contribution >= 4 is 15.9 Å². The molecule has 0 aromatic carbocycles. The van der Waals surface area contributed by atoms with Gasteiger partial charge in [-0.2, -0.15) is 4.31 Å². The van der Waals surface area contributed by atoms with Crippen molar-refractivity contribution in [1.29, 1.82) is 0 Å². The fourth-order valence-corrected chi connectivity index (χ4v) is 5.61. The van der Waals surface area contributed by atoms with Gasteiger partial charge in [-0.3, -0.25) is 4.79 Å². The Balaban J connectivity index is 1.60. The van der Waals surface area contributed by atoms with E-state index in [9.17, 15) is 13.2 Å². The lowest BCUT2D eigenvalue weighted by atomic mass is 9.92. The van der Waals surface area contributed by atoms with E-state index in [1.807, 2.05) is 0 Å². The summed E-state index contributed by atoms with van der Waals surface area (Å²) in [5.74, 6) is 0.247. The van der Waals surface area contributed by atoms with Crippen LogP contribution >= 0.6 is 0 Å². The summed E-state index contributed by atoms with van der Waals surface area (Å²) >= 11 is 0. The van der Waals surface area contributed by atoms with Gasteiger partial charge >= 0.3 is 0 Å². The zero-order chi connectivity index (χ0) is 15.0. The molecule has 0 radical (unpaired) electrons. The van der Waals surface area contributed by atoms with Gasteiger partial charge in [-0.25, -0.2) is 8.42 Å². The van der Waals surface area contributed by atoms with Crippen LogP contribution in [0.5, 0.6) is 0 Å². The predicted molar refractivity (Wildman–Crippen MR) is 81.1 cm³/mol. The van der Waals surface area contributed by atoms with E-state index in [1.54, 1.807) is 4.31 Å². The van der Waals surface area contributed by atoms with E-state index < -0.39 is 10.0 Å². The minimum Gasteiger partial charge on any atom is -0.353 e. The fraction of sp³-hybridized carbons (Fsp3) is 0.800. The van der Waals surface area contributed by atoms with Gasteiger partial charge in [-0.1, -0.05) is 12.2 Å². The average Bonchev–Trinajstić information content (AvgIpc) is 2.72. The second-order valence-electron chi connectivity index (χ2n) is 6.64. The van der Waals surface area contributed by atoms with Crippen LogP contribution in [0.15, 0.2) is 12.2 Å². The Hall–Kier alpha value is -0.880. The van der Waals surface area contributed by atoms with E-state index in [0.717, 1.165) is 44.9 Å². The minimum atomic E-state index is -3.12. The molecule has 2 heterocycles. The maximum atomic E-state index is 12.3. The van der Waals surface area contributed by atoms with E-state index in [1.165, 1.54) is 6.26 Å². The van der Waals surface area contributed by atoms with E-state index in [-0.39, 0.29) is 30.0 Å². The largest absolute Gasteiger partial charge is 0.353 e. The van der Waals surface area contributed by atoms with Crippen LogP contribution in [0.3, 0.4) is 0 Å². The first-order valence-corrected chi connectivity index (χ1v) is 9.74. The zero-order valence-corrected chi connectivity index (χ0v) is 13.3. The number of piperidine rings is 1. The number of nitrogens with zero attached hydrogens (tertiary/aromatic N) is 1. The Morgan fingerprint density at radius 1 is 1.14 bits per heavy atom. The lowest BCUT2D eigenvalue weighted by Crippen LogP contribution is -2.52. The first-order valence-electron chi connectivity index (χ1n) is 7.89. The third kappa shape index (κ3) is 3.16. The highest BCUT2D eigenvalue weighted by Crippen LogP contribution is 2.37. The fourth-order valence-electron chi connectivity index (χ4n) is 4.14. The lowest BCUT2D eigenvalue weighted by molar-refractivity contribution is -0.126. The topological polar surface area (TPSA) is 66.5 Å². The number of rotatable bonds is 3. The summed E-state index contributed by atoms with van der Waals surface area (Å²) in [6.07, 6.45) is 11.6. The van der Waals surface area contributed by atoms with Gasteiger partial charge in [0.2, 0.25) is 15.9 Å². The molecule has 2 aliphatic heterocycles. The van der Waals surface area contributed by atoms with Crippen LogP contribution in [-0.2, 0) is 14.8 Å². The number of fused-ring (bicyclic) bond motifs is 2. The van der Waals surface area contributed by atoms with Crippen molar-refractivity contribution in [1.82, 2.24) is 9.62 Å². The number of carbonyl (C=O) groups excluding carboxylic acids is 1. The average molecular weight is 312 g/mol. The normalized spacial score (nSPS) is 36.6. The van der Waals surface area contributed by atoms with Crippen molar-refractivity contribution < 1.29 is 13.2 Å². The van der Waals surface area contributed by atoms with Gasteiger partial charge in [-0.15, -0.1) is 0 Å². The highest BCUT2D eigenvalue weighted by atomic mass is 32.2. The van der Waals surface area contributed by atoms with Gasteiger partial charge in [-0.05, 0) is 44.9 Å². The first kappa shape index (κ1) is 15.0. The third-order valence-electron chi connectivity index (χ3n) is 5.04. The first-order chi connectivity index (χ1) is 9.95. The molecule has 21 heavy (non-hydrogen) atoms. The number of amides is 1. The van der Waals surface area contributed by atoms with Crippen LogP contribution in [0, 0.1) is 5.92 Å². The molecule has 0 saturated carbocycles. The molecule has 3 aliphatic rings. The molecule has 3 atom stereocenters. The van der Waals surface area contributed by atoms with Crippen molar-refractivity contribution in [3.05, 3.63) is 12.2 Å². The summed E-state index contributed by atoms with van der Waals surface area (Å²) in [6.45, 7) is 0. The van der Waals surface area contributed by atoms with Crippen LogP contribution in [-0.4, -0.2) is 43.0 Å². The van der Waals surface area contributed by atoms with Gasteiger partial charge in [0.05, 0.1) is 6.26 Å². The van der Waals surface area contributed by atoms with E-state index >= 15 is 0 Å². The standard InChI is InChI=1S/C15H24N2O3S/c1-21(19,20)17-13-7-8-14(17)10-12(9-13)16-15(18)11-5-3-2-4-6-11/h2-3,11-14H,4-10H2,1H3,(H,16,18). The maximum absolute atomic E-state index is 12.3. The SMILES string of the molecule is CS(=O)(=O)N1C2CCC1CC(NC(=O)C1CC=CCC1)C2. The van der Waals surface area contributed by atoms with Gasteiger partial charge in [0.25, 0.3) is 0 Å². The molecule has 1 aliphatic carbocycles. The Morgan fingerprint density at radius 2 is 1.81 bits per heavy atom. The molecular formula is C15H24N2O3S. The Labute approximate surface area is 126 Å². The van der Waals surface area contributed by atoms with E-state index in [0.29, 0.717) is 0 Å². The van der Waals surface area contributed by atoms with Crippen molar-refractivity contribution in [2.45, 2.75) is 63.1 Å². The van der Waals surface area contributed by atoms with Gasteiger partial charge < -0.3 is 5.32 Å². The summed E-state index contributed by atoms with van der Waals surface area (Å²) in [5.41, 5.74) is 0. The van der Waals surface area contributed by atoms with Crippen molar-refractivity contribution in [2.24, 2.45) is 5.92 Å². The molecule has 0 spiro atoms. The van der Waals surface area contributed by atoms with E-state index in [2.05, 4.69) is 17.5 Å². The van der Waals surface area contributed by atoms with Gasteiger partial charge in [0.1, 0.15) is 0 Å². The molecule has 3 rings (SSSR count). The molecule has 6 heteroatoms. The van der Waals surface area contributed by atoms with Crippen molar-refractivity contribution in [2.75, 3.05) is 6.26 Å². The second kappa shape index (κ2) is 5.72. The lowest BCUT2D eigenvalue weighted by Gasteiger charge is -2.37. The third-order valence-corrected chi connectivity index (χ3v) is 6.40. The Kier molecular flexibility index (Phi) is 4.10. The molecule has 1 N–H and O–H groups in total. The summed E-state index contributed by atoms with van der Waals surface area (Å²) in [7, 11) is -3.12. The predicted octanol–water partition coefficient (Wildman–Crippen LogP) is 1.41. The molecular weight excluding hydrogens is 288 g/mol. The van der Waals surface area contributed by atoms with Crippen LogP contribution in [0.25, 0.3) is 0 Å². The summed E-state index contributed by atoms with van der Waals surface area (Å²) in [6, 6.07) is 0.296. The number of allylic oxidation sites excluding steroid dienone is 2. The number of hydrogen-bond donors (Lipinski definition) is 1. The molecule has 3 unspecified atom stereocenters. The second-order valence-corrected chi connectivity index (χ2v) is 8.52. The van der Waals surface area contributed by atoms with Crippen LogP contribution < -0.4 is 5.32 Å². The molecule has 5 nitrogen and oxygen atoms in total. The molecule has 118 valence electrons. The number of sulfonamides is 1. The van der Waals surface area contributed by atoms with Crippen LogP contribution in [0.4, 0.5) is 0 Å². The van der Waals surface area contributed by atoms with Gasteiger partial charge in [0, 0.05) is 24.0 Å². The molecule has 1 amide bonds. The molecule has 0 aromatic rings. The summed E-state index contributed by atoms with van der Waals surface area (Å²) in [5, 5.41) is 3.17. The maximum Gasteiger partial charge on any atom is 0.223 e. The highest BCUT2D eigenvalue weighted by Gasteiger charge is 2.45. The zero-order valence-electron chi connectivity index (χ0n) is 12.5. The minimum absolute atomic E-state index is 0.0790. The molecule has 2 fully saturated rings.